The fourth-order valence-corrected chi connectivity index (χ4v) is 4.49. The van der Waals surface area contributed by atoms with E-state index in [2.05, 4.69) is 21.4 Å². The Hall–Kier alpha value is -2.67. The number of para-hydroxylation sites is 1. The number of imidazole rings is 1. The van der Waals surface area contributed by atoms with E-state index in [0.717, 1.165) is 34.7 Å². The molecule has 0 amide bonds. The van der Waals surface area contributed by atoms with Gasteiger partial charge in [-0.1, -0.05) is 23.5 Å². The zero-order chi connectivity index (χ0) is 17.0. The number of aromatic nitrogens is 4. The molecule has 0 aliphatic heterocycles. The Balaban J connectivity index is 1.37. The average molecular weight is 351 g/mol. The summed E-state index contributed by atoms with van der Waals surface area (Å²) in [6.07, 6.45) is 3.56. The lowest BCUT2D eigenvalue weighted by atomic mass is 9.86. The van der Waals surface area contributed by atoms with E-state index < -0.39 is 0 Å². The van der Waals surface area contributed by atoms with Crippen LogP contribution in [0, 0.1) is 0 Å². The molecule has 1 fully saturated rings. The number of nitrogens with one attached hydrogen (secondary N) is 1. The highest BCUT2D eigenvalue weighted by Crippen LogP contribution is 2.36. The number of hydrogen-bond acceptors (Lipinski definition) is 5. The molecule has 0 spiro atoms. The number of aryl methyl sites for hydroxylation is 1. The summed E-state index contributed by atoms with van der Waals surface area (Å²) < 4.78 is 4.71. The van der Waals surface area contributed by atoms with Crippen LogP contribution in [0.25, 0.3) is 21.4 Å². The second kappa shape index (κ2) is 5.42. The highest BCUT2D eigenvalue weighted by atomic mass is 32.1. The van der Waals surface area contributed by atoms with Crippen molar-refractivity contribution in [2.45, 2.75) is 24.9 Å². The summed E-state index contributed by atoms with van der Waals surface area (Å²) in [7, 11) is 1.80. The lowest BCUT2D eigenvalue weighted by molar-refractivity contribution is 0.280. The van der Waals surface area contributed by atoms with Gasteiger partial charge >= 0.3 is 5.69 Å². The van der Waals surface area contributed by atoms with Crippen molar-refractivity contribution in [2.24, 2.45) is 7.05 Å². The Morgan fingerprint density at radius 1 is 1.20 bits per heavy atom. The Kier molecular flexibility index (Phi) is 3.18. The van der Waals surface area contributed by atoms with Crippen LogP contribution in [0.15, 0.2) is 47.4 Å². The number of nitrogens with zero attached hydrogens (tertiary/aromatic N) is 4. The van der Waals surface area contributed by atoms with Crippen molar-refractivity contribution >= 4 is 37.8 Å². The molecule has 0 atom stereocenters. The van der Waals surface area contributed by atoms with Gasteiger partial charge in [0.2, 0.25) is 0 Å². The summed E-state index contributed by atoms with van der Waals surface area (Å²) >= 11 is 1.67. The van der Waals surface area contributed by atoms with E-state index in [1.807, 2.05) is 34.9 Å². The molecule has 3 aromatic heterocycles. The summed E-state index contributed by atoms with van der Waals surface area (Å²) in [6.45, 7) is 0. The summed E-state index contributed by atoms with van der Waals surface area (Å²) in [4.78, 5) is 21.6. The van der Waals surface area contributed by atoms with Crippen molar-refractivity contribution < 1.29 is 0 Å². The van der Waals surface area contributed by atoms with Gasteiger partial charge in [0, 0.05) is 25.3 Å². The minimum Gasteiger partial charge on any atom is -0.359 e. The van der Waals surface area contributed by atoms with Crippen LogP contribution in [0.4, 0.5) is 5.13 Å². The summed E-state index contributed by atoms with van der Waals surface area (Å²) in [5.41, 5.74) is 2.70. The van der Waals surface area contributed by atoms with Crippen molar-refractivity contribution in [1.29, 1.82) is 0 Å². The van der Waals surface area contributed by atoms with Crippen LogP contribution in [0.2, 0.25) is 0 Å². The lowest BCUT2D eigenvalue weighted by Crippen LogP contribution is -2.40. The average Bonchev–Trinajstić information content (AvgIpc) is 3.11. The fourth-order valence-electron chi connectivity index (χ4n) is 3.55. The van der Waals surface area contributed by atoms with Crippen molar-refractivity contribution in [2.75, 3.05) is 5.32 Å². The van der Waals surface area contributed by atoms with Crippen molar-refractivity contribution in [1.82, 2.24) is 19.1 Å². The maximum Gasteiger partial charge on any atom is 0.330 e. The van der Waals surface area contributed by atoms with Crippen LogP contribution in [0.5, 0.6) is 0 Å². The Labute approximate surface area is 147 Å². The molecular weight excluding hydrogens is 334 g/mol. The first-order valence-corrected chi connectivity index (χ1v) is 9.16. The first kappa shape index (κ1) is 14.7. The molecule has 0 saturated heterocycles. The summed E-state index contributed by atoms with van der Waals surface area (Å²) in [6, 6.07) is 12.5. The third-order valence-corrected chi connectivity index (χ3v) is 5.92. The topological polar surface area (TPSA) is 64.7 Å². The number of rotatable bonds is 3. The van der Waals surface area contributed by atoms with Gasteiger partial charge in [-0.3, -0.25) is 9.13 Å². The second-order valence-electron chi connectivity index (χ2n) is 6.51. The zero-order valence-corrected chi connectivity index (χ0v) is 14.5. The van der Waals surface area contributed by atoms with Crippen LogP contribution in [-0.2, 0) is 7.05 Å². The highest BCUT2D eigenvalue weighted by Gasteiger charge is 2.34. The third-order valence-electron chi connectivity index (χ3n) is 4.95. The van der Waals surface area contributed by atoms with E-state index >= 15 is 0 Å². The van der Waals surface area contributed by atoms with E-state index in [1.54, 1.807) is 29.1 Å². The van der Waals surface area contributed by atoms with E-state index in [9.17, 15) is 4.79 Å². The molecule has 4 aromatic rings. The molecule has 0 bridgehead atoms. The van der Waals surface area contributed by atoms with E-state index in [4.69, 9.17) is 0 Å². The van der Waals surface area contributed by atoms with Crippen LogP contribution in [0.3, 0.4) is 0 Å². The van der Waals surface area contributed by atoms with Gasteiger partial charge in [-0.05, 0) is 37.1 Å². The number of hydrogen-bond donors (Lipinski definition) is 1. The maximum absolute atomic E-state index is 12.6. The van der Waals surface area contributed by atoms with Crippen LogP contribution < -0.4 is 11.0 Å². The predicted molar refractivity (Wildman–Crippen MR) is 100 cm³/mol. The molecule has 7 heteroatoms. The van der Waals surface area contributed by atoms with Crippen LogP contribution >= 0.6 is 11.3 Å². The van der Waals surface area contributed by atoms with Crippen molar-refractivity contribution in [3.8, 4) is 0 Å². The first-order chi connectivity index (χ1) is 12.2. The monoisotopic (exact) mass is 351 g/mol. The minimum absolute atomic E-state index is 0.0112. The maximum atomic E-state index is 12.6. The Morgan fingerprint density at radius 3 is 2.88 bits per heavy atom. The SMILES string of the molecule is Cn1c(=O)n(C2CC(Nc3nc4ccccc4s3)C2)c2ncccc21. The number of anilines is 1. The molecule has 126 valence electrons. The Bertz CT molecular complexity index is 1100. The number of pyridine rings is 1. The molecule has 0 unspecified atom stereocenters. The van der Waals surface area contributed by atoms with Gasteiger partial charge in [0.25, 0.3) is 0 Å². The molecule has 6 nitrogen and oxygen atoms in total. The first-order valence-electron chi connectivity index (χ1n) is 8.35. The standard InChI is InChI=1S/C18H17N5OS/c1-22-14-6-4-8-19-16(14)23(18(22)24)12-9-11(10-12)20-17-21-13-5-2-3-7-15(13)25-17/h2-8,11-12H,9-10H2,1H3,(H,20,21). The Morgan fingerprint density at radius 2 is 2.04 bits per heavy atom. The fraction of sp³-hybridized carbons (Fsp3) is 0.278. The summed E-state index contributed by atoms with van der Waals surface area (Å²) in [5, 5.41) is 4.46. The molecule has 1 N–H and O–H groups in total. The molecule has 1 aliphatic rings. The molecule has 1 saturated carbocycles. The van der Waals surface area contributed by atoms with Gasteiger partial charge in [-0.2, -0.15) is 0 Å². The van der Waals surface area contributed by atoms with E-state index in [1.165, 1.54) is 4.70 Å². The zero-order valence-electron chi connectivity index (χ0n) is 13.7. The van der Waals surface area contributed by atoms with E-state index in [-0.39, 0.29) is 11.7 Å². The van der Waals surface area contributed by atoms with Gasteiger partial charge < -0.3 is 5.32 Å². The summed E-state index contributed by atoms with van der Waals surface area (Å²) in [5.74, 6) is 0. The van der Waals surface area contributed by atoms with Gasteiger partial charge in [0.15, 0.2) is 10.8 Å². The van der Waals surface area contributed by atoms with Gasteiger partial charge in [-0.15, -0.1) is 0 Å². The quantitative estimate of drug-likeness (QED) is 0.616. The molecular formula is C18H17N5OS. The number of benzene rings is 1. The molecule has 1 aromatic carbocycles. The smallest absolute Gasteiger partial charge is 0.330 e. The van der Waals surface area contributed by atoms with Gasteiger partial charge in [-0.25, -0.2) is 14.8 Å². The molecule has 1 aliphatic carbocycles. The van der Waals surface area contributed by atoms with Gasteiger partial charge in [0.1, 0.15) is 0 Å². The van der Waals surface area contributed by atoms with Crippen molar-refractivity contribution in [3.63, 3.8) is 0 Å². The van der Waals surface area contributed by atoms with E-state index in [0.29, 0.717) is 6.04 Å². The minimum atomic E-state index is 0.0112. The second-order valence-corrected chi connectivity index (χ2v) is 7.54. The molecule has 0 radical (unpaired) electrons. The van der Waals surface area contributed by atoms with Crippen LogP contribution in [0.1, 0.15) is 18.9 Å². The largest absolute Gasteiger partial charge is 0.359 e. The van der Waals surface area contributed by atoms with Crippen LogP contribution in [-0.4, -0.2) is 25.1 Å². The predicted octanol–water partition coefficient (Wildman–Crippen LogP) is 3.16. The molecule has 5 rings (SSSR count). The van der Waals surface area contributed by atoms with Gasteiger partial charge in [0.05, 0.1) is 15.7 Å². The highest BCUT2D eigenvalue weighted by molar-refractivity contribution is 7.22. The lowest BCUT2D eigenvalue weighted by Gasteiger charge is -2.36. The third kappa shape index (κ3) is 2.26. The molecule has 3 heterocycles. The van der Waals surface area contributed by atoms with Crippen molar-refractivity contribution in [3.05, 3.63) is 53.1 Å². The molecule has 25 heavy (non-hydrogen) atoms. The number of thiazole rings is 1. The number of fused-ring (bicyclic) bond motifs is 2. The normalized spacial score (nSPS) is 20.0.